The van der Waals surface area contributed by atoms with Crippen LogP contribution in [-0.4, -0.2) is 26.8 Å². The van der Waals surface area contributed by atoms with E-state index in [4.69, 9.17) is 4.74 Å². The highest BCUT2D eigenvalue weighted by atomic mass is 16.5. The van der Waals surface area contributed by atoms with E-state index < -0.39 is 0 Å². The topological polar surface area (TPSA) is 75.7 Å². The van der Waals surface area contributed by atoms with E-state index in [1.54, 1.807) is 6.20 Å². The van der Waals surface area contributed by atoms with Crippen molar-refractivity contribution in [2.24, 2.45) is 0 Å². The first-order chi connectivity index (χ1) is 8.31. The van der Waals surface area contributed by atoms with Gasteiger partial charge in [0.15, 0.2) is 11.6 Å². The van der Waals surface area contributed by atoms with Gasteiger partial charge in [-0.25, -0.2) is 9.97 Å². The number of rotatable bonds is 5. The van der Waals surface area contributed by atoms with Crippen LogP contribution in [0.2, 0.25) is 0 Å². The van der Waals surface area contributed by atoms with Gasteiger partial charge in [0.1, 0.15) is 12.2 Å². The predicted molar refractivity (Wildman–Crippen MR) is 63.8 cm³/mol. The molecule has 0 amide bonds. The maximum absolute atomic E-state index is 5.48. The maximum Gasteiger partial charge on any atom is 0.169 e. The second kappa shape index (κ2) is 5.29. The van der Waals surface area contributed by atoms with Crippen molar-refractivity contribution in [3.8, 4) is 5.75 Å². The van der Waals surface area contributed by atoms with Gasteiger partial charge in [-0.1, -0.05) is 0 Å². The molecule has 0 bridgehead atoms. The number of aromatic nitrogens is 4. The molecule has 2 aromatic rings. The molecule has 2 rings (SSSR count). The largest absolute Gasteiger partial charge is 0.490 e. The quantitative estimate of drug-likeness (QED) is 0.823. The second-order valence-electron chi connectivity index (χ2n) is 3.52. The number of hydrogen-bond acceptors (Lipinski definition) is 5. The van der Waals surface area contributed by atoms with Crippen LogP contribution >= 0.6 is 0 Å². The molecule has 90 valence electrons. The second-order valence-corrected chi connectivity index (χ2v) is 3.52. The molecule has 0 aliphatic rings. The molecular weight excluding hydrogens is 218 g/mol. The lowest BCUT2D eigenvalue weighted by Crippen LogP contribution is -2.11. The maximum atomic E-state index is 5.48. The van der Waals surface area contributed by atoms with E-state index in [9.17, 15) is 0 Å². The molecule has 0 spiro atoms. The molecule has 2 aromatic heterocycles. The summed E-state index contributed by atoms with van der Waals surface area (Å²) in [7, 11) is 0. The van der Waals surface area contributed by atoms with E-state index in [-0.39, 0.29) is 6.04 Å². The van der Waals surface area contributed by atoms with E-state index in [0.29, 0.717) is 12.4 Å². The van der Waals surface area contributed by atoms with E-state index in [1.807, 2.05) is 26.0 Å². The highest BCUT2D eigenvalue weighted by Gasteiger charge is 2.11. The van der Waals surface area contributed by atoms with Crippen LogP contribution in [0, 0.1) is 0 Å². The Kier molecular flexibility index (Phi) is 3.54. The molecule has 0 saturated heterocycles. The van der Waals surface area contributed by atoms with E-state index in [0.717, 1.165) is 11.6 Å². The Bertz CT molecular complexity index is 457. The molecule has 1 atom stereocenters. The lowest BCUT2D eigenvalue weighted by Gasteiger charge is -2.14. The predicted octanol–water partition coefficient (Wildman–Crippen LogP) is 1.77. The third-order valence-electron chi connectivity index (χ3n) is 2.27. The van der Waals surface area contributed by atoms with Crippen molar-refractivity contribution in [3.63, 3.8) is 0 Å². The minimum Gasteiger partial charge on any atom is -0.490 e. The van der Waals surface area contributed by atoms with Crippen LogP contribution < -0.4 is 10.1 Å². The first-order valence-electron chi connectivity index (χ1n) is 5.51. The summed E-state index contributed by atoms with van der Waals surface area (Å²) < 4.78 is 5.48. The smallest absolute Gasteiger partial charge is 0.169 e. The highest BCUT2D eigenvalue weighted by molar-refractivity contribution is 5.50. The van der Waals surface area contributed by atoms with Crippen molar-refractivity contribution in [3.05, 3.63) is 30.5 Å². The van der Waals surface area contributed by atoms with Crippen molar-refractivity contribution in [1.29, 1.82) is 0 Å². The molecule has 0 saturated carbocycles. The summed E-state index contributed by atoms with van der Waals surface area (Å²) in [5, 5.41) is 9.86. The van der Waals surface area contributed by atoms with Gasteiger partial charge in [-0.05, 0) is 26.0 Å². The van der Waals surface area contributed by atoms with E-state index >= 15 is 0 Å². The fourth-order valence-corrected chi connectivity index (χ4v) is 1.47. The third kappa shape index (κ3) is 2.72. The highest BCUT2D eigenvalue weighted by Crippen LogP contribution is 2.24. The normalized spacial score (nSPS) is 12.1. The van der Waals surface area contributed by atoms with Gasteiger partial charge >= 0.3 is 0 Å². The lowest BCUT2D eigenvalue weighted by molar-refractivity contribution is 0.340. The Hall–Kier alpha value is -2.11. The van der Waals surface area contributed by atoms with Crippen LogP contribution in [0.3, 0.4) is 0 Å². The summed E-state index contributed by atoms with van der Waals surface area (Å²) in [5.74, 6) is 2.21. The van der Waals surface area contributed by atoms with Crippen LogP contribution in [0.15, 0.2) is 24.7 Å². The van der Waals surface area contributed by atoms with Crippen molar-refractivity contribution < 1.29 is 4.74 Å². The molecule has 17 heavy (non-hydrogen) atoms. The number of hydrogen-bond donors (Lipinski definition) is 2. The van der Waals surface area contributed by atoms with Gasteiger partial charge in [0.2, 0.25) is 0 Å². The number of pyridine rings is 1. The molecule has 2 N–H and O–H groups in total. The first-order valence-corrected chi connectivity index (χ1v) is 5.51. The van der Waals surface area contributed by atoms with Crippen molar-refractivity contribution in [1.82, 2.24) is 20.2 Å². The monoisotopic (exact) mass is 233 g/mol. The molecule has 2 heterocycles. The Morgan fingerprint density at radius 2 is 2.35 bits per heavy atom. The minimum absolute atomic E-state index is 0.00777. The Morgan fingerprint density at radius 1 is 1.47 bits per heavy atom. The van der Waals surface area contributed by atoms with Crippen LogP contribution in [0.5, 0.6) is 5.75 Å². The summed E-state index contributed by atoms with van der Waals surface area (Å²) in [6, 6.07) is 3.72. The number of H-pyrrole nitrogens is 1. The lowest BCUT2D eigenvalue weighted by atomic mass is 10.3. The van der Waals surface area contributed by atoms with Gasteiger partial charge in [0.25, 0.3) is 0 Å². The van der Waals surface area contributed by atoms with E-state index in [2.05, 4.69) is 25.5 Å². The van der Waals surface area contributed by atoms with Gasteiger partial charge in [0, 0.05) is 6.20 Å². The zero-order chi connectivity index (χ0) is 12.1. The number of nitrogens with one attached hydrogen (secondary N) is 2. The third-order valence-corrected chi connectivity index (χ3v) is 2.27. The zero-order valence-electron chi connectivity index (χ0n) is 9.84. The van der Waals surface area contributed by atoms with Gasteiger partial charge in [0.05, 0.1) is 12.6 Å². The Labute approximate surface area is 99.4 Å². The fraction of sp³-hybridized carbons (Fsp3) is 0.364. The van der Waals surface area contributed by atoms with Crippen LogP contribution in [0.1, 0.15) is 25.7 Å². The van der Waals surface area contributed by atoms with Crippen LogP contribution in [0.25, 0.3) is 0 Å². The van der Waals surface area contributed by atoms with Crippen LogP contribution in [-0.2, 0) is 0 Å². The number of ether oxygens (including phenoxy) is 1. The number of anilines is 1. The van der Waals surface area contributed by atoms with Gasteiger partial charge < -0.3 is 10.1 Å². The summed E-state index contributed by atoms with van der Waals surface area (Å²) in [6.45, 7) is 4.53. The Morgan fingerprint density at radius 3 is 3.06 bits per heavy atom. The fourth-order valence-electron chi connectivity index (χ4n) is 1.47. The molecule has 0 fully saturated rings. The van der Waals surface area contributed by atoms with Crippen molar-refractivity contribution in [2.75, 3.05) is 11.9 Å². The first kappa shape index (κ1) is 11.4. The molecule has 0 radical (unpaired) electrons. The Balaban J connectivity index is 2.12. The molecular formula is C11H15N5O. The molecule has 6 heteroatoms. The average Bonchev–Trinajstić information content (AvgIpc) is 2.85. The van der Waals surface area contributed by atoms with Gasteiger partial charge in [-0.15, -0.1) is 0 Å². The number of aromatic amines is 1. The standard InChI is InChI=1S/C11H15N5O/c1-3-17-9-5-4-6-12-11(9)15-8(2)10-13-7-14-16-10/h4-8H,3H2,1-2H3,(H,12,15)(H,13,14,16). The van der Waals surface area contributed by atoms with Crippen molar-refractivity contribution >= 4 is 5.82 Å². The van der Waals surface area contributed by atoms with Gasteiger partial charge in [-0.3, -0.25) is 5.10 Å². The average molecular weight is 233 g/mol. The molecule has 0 aliphatic carbocycles. The SMILES string of the molecule is CCOc1cccnc1NC(C)c1ncn[nH]1. The minimum atomic E-state index is -0.00777. The summed E-state index contributed by atoms with van der Waals surface area (Å²) in [5.41, 5.74) is 0. The molecule has 0 aliphatic heterocycles. The van der Waals surface area contributed by atoms with E-state index in [1.165, 1.54) is 6.33 Å². The zero-order valence-corrected chi connectivity index (χ0v) is 9.84. The summed E-state index contributed by atoms with van der Waals surface area (Å²) >= 11 is 0. The van der Waals surface area contributed by atoms with Gasteiger partial charge in [-0.2, -0.15) is 5.10 Å². The van der Waals surface area contributed by atoms with Crippen LogP contribution in [0.4, 0.5) is 5.82 Å². The summed E-state index contributed by atoms with van der Waals surface area (Å²) in [4.78, 5) is 8.34. The summed E-state index contributed by atoms with van der Waals surface area (Å²) in [6.07, 6.45) is 3.20. The molecule has 6 nitrogen and oxygen atoms in total. The van der Waals surface area contributed by atoms with Crippen molar-refractivity contribution in [2.45, 2.75) is 19.9 Å². The molecule has 1 unspecified atom stereocenters. The number of nitrogens with zero attached hydrogens (tertiary/aromatic N) is 3. The molecule has 0 aromatic carbocycles.